The highest BCUT2D eigenvalue weighted by Crippen LogP contribution is 2.32. The summed E-state index contributed by atoms with van der Waals surface area (Å²) < 4.78 is 5.19. The van der Waals surface area contributed by atoms with E-state index in [1.165, 1.54) is 119 Å². The largest absolute Gasteiger partial charge is 0.340 e. The van der Waals surface area contributed by atoms with Crippen LogP contribution in [-0.2, 0) is 6.54 Å². The fourth-order valence-electron chi connectivity index (χ4n) is 4.75. The normalized spacial score (nSPS) is 11.7. The van der Waals surface area contributed by atoms with Crippen molar-refractivity contribution < 1.29 is 0 Å². The van der Waals surface area contributed by atoms with Crippen LogP contribution in [0.4, 0.5) is 0 Å². The molecule has 0 amide bonds. The average molecular weight is 643 g/mol. The first-order valence-corrected chi connectivity index (χ1v) is 14.7. The molecule has 0 aliphatic heterocycles. The number of hydrogen-bond acceptors (Lipinski definition) is 0. The quantitative estimate of drug-likeness (QED) is 0.115. The highest BCUT2D eigenvalue weighted by atomic mass is 127. The van der Waals surface area contributed by atoms with Crippen molar-refractivity contribution in [2.24, 2.45) is 0 Å². The van der Waals surface area contributed by atoms with E-state index in [9.17, 15) is 0 Å². The molecule has 1 aromatic heterocycles. The van der Waals surface area contributed by atoms with Crippen molar-refractivity contribution in [1.29, 1.82) is 0 Å². The Bertz CT molecular complexity index is 868. The molecule has 0 fully saturated rings. The Balaban J connectivity index is 1.35. The van der Waals surface area contributed by atoms with Crippen LogP contribution in [0, 0.1) is 7.14 Å². The molecule has 0 spiro atoms. The molecule has 3 heteroatoms. The first kappa shape index (κ1) is 25.3. The van der Waals surface area contributed by atoms with E-state index >= 15 is 0 Å². The van der Waals surface area contributed by atoms with Crippen LogP contribution in [0.2, 0.25) is 0 Å². The van der Waals surface area contributed by atoms with E-state index in [1.807, 2.05) is 0 Å². The van der Waals surface area contributed by atoms with Crippen LogP contribution in [0.1, 0.15) is 96.8 Å². The van der Waals surface area contributed by atoms with Crippen LogP contribution in [0.25, 0.3) is 21.8 Å². The van der Waals surface area contributed by atoms with Gasteiger partial charge in [0.1, 0.15) is 0 Å². The van der Waals surface area contributed by atoms with Gasteiger partial charge < -0.3 is 4.57 Å². The number of fused-ring (bicyclic) bond motifs is 3. The lowest BCUT2D eigenvalue weighted by Crippen LogP contribution is -1.97. The molecule has 3 rings (SSSR count). The zero-order chi connectivity index (χ0) is 21.9. The van der Waals surface area contributed by atoms with Gasteiger partial charge in [-0.2, -0.15) is 0 Å². The molecule has 0 unspecified atom stereocenters. The summed E-state index contributed by atoms with van der Waals surface area (Å²) in [5.41, 5.74) is 2.79. The van der Waals surface area contributed by atoms with Gasteiger partial charge in [-0.15, -0.1) is 0 Å². The molecule has 0 saturated heterocycles. The molecule has 1 nitrogen and oxygen atoms in total. The SMILES string of the molecule is CCCCCCCCCCCCCCCCn1c2ccc(I)cc2c2cc(I)ccc21. The van der Waals surface area contributed by atoms with Gasteiger partial charge in [0.2, 0.25) is 0 Å². The topological polar surface area (TPSA) is 4.93 Å². The lowest BCUT2D eigenvalue weighted by Gasteiger charge is -2.08. The van der Waals surface area contributed by atoms with Gasteiger partial charge in [0.15, 0.2) is 0 Å². The molecule has 0 aliphatic carbocycles. The standard InChI is InChI=1S/C28H39I2N/c1-2-3-4-5-6-7-8-9-10-11-12-13-14-15-20-31-27-18-16-23(29)21-25(27)26-22-24(30)17-19-28(26)31/h16-19,21-22H,2-15,20H2,1H3. The molecule has 0 bridgehead atoms. The number of benzene rings is 2. The number of unbranched alkanes of at least 4 members (excludes halogenated alkanes) is 13. The summed E-state index contributed by atoms with van der Waals surface area (Å²) in [5, 5.41) is 2.82. The summed E-state index contributed by atoms with van der Waals surface area (Å²) in [6.07, 6.45) is 19.8. The highest BCUT2D eigenvalue weighted by molar-refractivity contribution is 14.1. The van der Waals surface area contributed by atoms with E-state index in [-0.39, 0.29) is 0 Å². The Morgan fingerprint density at radius 2 is 0.935 bits per heavy atom. The fourth-order valence-corrected chi connectivity index (χ4v) is 5.74. The zero-order valence-electron chi connectivity index (χ0n) is 19.3. The summed E-state index contributed by atoms with van der Waals surface area (Å²) >= 11 is 4.86. The third-order valence-electron chi connectivity index (χ3n) is 6.52. The molecule has 2 aromatic carbocycles. The Morgan fingerprint density at radius 3 is 1.35 bits per heavy atom. The monoisotopic (exact) mass is 643 g/mol. The van der Waals surface area contributed by atoms with E-state index in [2.05, 4.69) is 93.1 Å². The second-order valence-electron chi connectivity index (χ2n) is 9.07. The minimum atomic E-state index is 1.14. The number of aromatic nitrogens is 1. The van der Waals surface area contributed by atoms with Gasteiger partial charge in [-0.25, -0.2) is 0 Å². The Labute approximate surface area is 217 Å². The van der Waals surface area contributed by atoms with Crippen molar-refractivity contribution in [2.75, 3.05) is 0 Å². The van der Waals surface area contributed by atoms with Crippen LogP contribution in [0.3, 0.4) is 0 Å². The predicted octanol–water partition coefficient (Wildman–Crippen LogP) is 10.5. The van der Waals surface area contributed by atoms with Crippen LogP contribution in [-0.4, -0.2) is 4.57 Å². The van der Waals surface area contributed by atoms with E-state index in [0.29, 0.717) is 0 Å². The Kier molecular flexibility index (Phi) is 11.5. The maximum Gasteiger partial charge on any atom is 0.0492 e. The summed E-state index contributed by atoms with van der Waals surface area (Å²) in [4.78, 5) is 0. The van der Waals surface area contributed by atoms with Crippen LogP contribution in [0.15, 0.2) is 36.4 Å². The van der Waals surface area contributed by atoms with Crippen LogP contribution < -0.4 is 0 Å². The van der Waals surface area contributed by atoms with Gasteiger partial charge in [0, 0.05) is 35.5 Å². The molecule has 0 saturated carbocycles. The van der Waals surface area contributed by atoms with Gasteiger partial charge >= 0.3 is 0 Å². The molecule has 0 radical (unpaired) electrons. The molecule has 0 atom stereocenters. The van der Waals surface area contributed by atoms with Crippen molar-refractivity contribution >= 4 is 67.0 Å². The smallest absolute Gasteiger partial charge is 0.0492 e. The summed E-state index contributed by atoms with van der Waals surface area (Å²) in [6.45, 7) is 3.44. The molecule has 3 aromatic rings. The third kappa shape index (κ3) is 7.90. The fraction of sp³-hybridized carbons (Fsp3) is 0.571. The minimum absolute atomic E-state index is 1.14. The van der Waals surface area contributed by atoms with E-state index in [1.54, 1.807) is 0 Å². The molecule has 0 aliphatic rings. The lowest BCUT2D eigenvalue weighted by molar-refractivity contribution is 0.528. The molecular weight excluding hydrogens is 604 g/mol. The third-order valence-corrected chi connectivity index (χ3v) is 7.87. The lowest BCUT2D eigenvalue weighted by atomic mass is 10.0. The van der Waals surface area contributed by atoms with Gasteiger partial charge in [-0.1, -0.05) is 90.4 Å². The number of rotatable bonds is 15. The molecule has 170 valence electrons. The van der Waals surface area contributed by atoms with E-state index < -0.39 is 0 Å². The Morgan fingerprint density at radius 1 is 0.548 bits per heavy atom. The number of halogens is 2. The highest BCUT2D eigenvalue weighted by Gasteiger charge is 2.11. The number of aryl methyl sites for hydroxylation is 1. The number of hydrogen-bond donors (Lipinski definition) is 0. The van der Waals surface area contributed by atoms with Crippen molar-refractivity contribution in [3.8, 4) is 0 Å². The molecule has 0 N–H and O–H groups in total. The van der Waals surface area contributed by atoms with Gasteiger partial charge in [0.05, 0.1) is 0 Å². The van der Waals surface area contributed by atoms with E-state index in [4.69, 9.17) is 0 Å². The first-order valence-electron chi connectivity index (χ1n) is 12.6. The van der Waals surface area contributed by atoms with Crippen LogP contribution in [0.5, 0.6) is 0 Å². The number of nitrogens with zero attached hydrogens (tertiary/aromatic N) is 1. The van der Waals surface area contributed by atoms with Crippen molar-refractivity contribution in [3.05, 3.63) is 43.5 Å². The second-order valence-corrected chi connectivity index (χ2v) is 11.6. The van der Waals surface area contributed by atoms with E-state index in [0.717, 1.165) is 6.54 Å². The summed E-state index contributed by atoms with van der Waals surface area (Å²) in [6, 6.07) is 13.8. The Hall–Kier alpha value is -0.300. The molecule has 1 heterocycles. The van der Waals surface area contributed by atoms with Crippen molar-refractivity contribution in [2.45, 2.75) is 103 Å². The van der Waals surface area contributed by atoms with Gasteiger partial charge in [-0.3, -0.25) is 0 Å². The predicted molar refractivity (Wildman–Crippen MR) is 155 cm³/mol. The second kappa shape index (κ2) is 14.1. The van der Waals surface area contributed by atoms with Gasteiger partial charge in [0.25, 0.3) is 0 Å². The average Bonchev–Trinajstić information content (AvgIpc) is 3.06. The van der Waals surface area contributed by atoms with Crippen LogP contribution >= 0.6 is 45.2 Å². The summed E-state index contributed by atoms with van der Waals surface area (Å²) in [7, 11) is 0. The molecular formula is C28H39I2N. The van der Waals surface area contributed by atoms with Gasteiger partial charge in [-0.05, 0) is 88.0 Å². The van der Waals surface area contributed by atoms with Crippen molar-refractivity contribution in [3.63, 3.8) is 0 Å². The summed E-state index contributed by atoms with van der Waals surface area (Å²) in [5.74, 6) is 0. The zero-order valence-corrected chi connectivity index (χ0v) is 23.6. The maximum atomic E-state index is 2.55. The van der Waals surface area contributed by atoms with Crippen molar-refractivity contribution in [1.82, 2.24) is 4.57 Å². The maximum absolute atomic E-state index is 2.55. The first-order chi connectivity index (χ1) is 15.2. The minimum Gasteiger partial charge on any atom is -0.340 e. The molecule has 31 heavy (non-hydrogen) atoms.